The Balaban J connectivity index is 1.51. The molecule has 2 aliphatic rings. The minimum atomic E-state index is -4.50. The van der Waals surface area contributed by atoms with Gasteiger partial charge in [-0.15, -0.1) is 0 Å². The van der Waals surface area contributed by atoms with E-state index in [0.29, 0.717) is 18.4 Å². The summed E-state index contributed by atoms with van der Waals surface area (Å²) in [5.74, 6) is -1.33. The van der Waals surface area contributed by atoms with Gasteiger partial charge in [0, 0.05) is 24.5 Å². The van der Waals surface area contributed by atoms with E-state index < -0.39 is 57.4 Å². The first-order valence-corrected chi connectivity index (χ1v) is 13.5. The van der Waals surface area contributed by atoms with E-state index >= 15 is 0 Å². The molecule has 2 amide bonds. The van der Waals surface area contributed by atoms with Gasteiger partial charge >= 0.3 is 0 Å². The number of pyridine rings is 1. The molecule has 3 atom stereocenters. The molecule has 1 aromatic heterocycles. The number of likely N-dealkylation sites (tertiary alicyclic amines) is 1. The number of Topliss-reactive ketones (excluding diaryl/α,β-unsaturated/α-hetero) is 1. The van der Waals surface area contributed by atoms with Crippen LogP contribution in [0.1, 0.15) is 52.5 Å². The van der Waals surface area contributed by atoms with Gasteiger partial charge < -0.3 is 10.2 Å². The van der Waals surface area contributed by atoms with E-state index in [1.54, 1.807) is 30.3 Å². The summed E-state index contributed by atoms with van der Waals surface area (Å²) < 4.78 is 27.1. The number of amides is 2. The Morgan fingerprint density at radius 1 is 1.19 bits per heavy atom. The number of carbonyl (C=O) groups excluding carboxylic acids is 4. The van der Waals surface area contributed by atoms with Crippen molar-refractivity contribution in [2.75, 3.05) is 13.1 Å². The number of ketones is 1. The standard InChI is InChI=1S/C26H28N4O6S/c1-3-6-20(28-24(32)18-10-8-17(4-2)9-11-18)25(33)29-14-12-21-23(29)22(31)16-30(21)37(35,36)26(34)19-7-5-13-27-15-19/h4-5,7-11,13,15,20-21,23H,2-3,6,12,14,16H2,1H3,(H,28,32). The third-order valence-electron chi connectivity index (χ3n) is 6.69. The molecule has 2 saturated heterocycles. The Labute approximate surface area is 215 Å². The van der Waals surface area contributed by atoms with Crippen molar-refractivity contribution < 1.29 is 27.6 Å². The van der Waals surface area contributed by atoms with Crippen LogP contribution >= 0.6 is 0 Å². The van der Waals surface area contributed by atoms with Crippen LogP contribution in [0.15, 0.2) is 55.4 Å². The second-order valence-electron chi connectivity index (χ2n) is 9.02. The molecule has 10 nitrogen and oxygen atoms in total. The van der Waals surface area contributed by atoms with Crippen LogP contribution in [0.2, 0.25) is 0 Å². The first-order chi connectivity index (χ1) is 17.7. The van der Waals surface area contributed by atoms with E-state index in [0.717, 1.165) is 16.1 Å². The molecular weight excluding hydrogens is 496 g/mol. The average Bonchev–Trinajstić information content (AvgIpc) is 3.49. The monoisotopic (exact) mass is 524 g/mol. The van der Waals surface area contributed by atoms with Gasteiger partial charge in [0.05, 0.1) is 18.2 Å². The van der Waals surface area contributed by atoms with Gasteiger partial charge in [-0.05, 0) is 42.7 Å². The van der Waals surface area contributed by atoms with Gasteiger partial charge in [-0.25, -0.2) is 8.42 Å². The molecule has 0 radical (unpaired) electrons. The zero-order valence-corrected chi connectivity index (χ0v) is 21.2. The second kappa shape index (κ2) is 10.7. The third-order valence-corrected chi connectivity index (χ3v) is 8.41. The molecule has 3 heterocycles. The van der Waals surface area contributed by atoms with Crippen LogP contribution in [0.25, 0.3) is 6.08 Å². The number of benzene rings is 1. The fraction of sp³-hybridized carbons (Fsp3) is 0.346. The van der Waals surface area contributed by atoms with Crippen LogP contribution in [0, 0.1) is 0 Å². The number of sulfonamides is 1. The number of hydrogen-bond donors (Lipinski definition) is 1. The van der Waals surface area contributed by atoms with Crippen molar-refractivity contribution in [3.05, 3.63) is 72.1 Å². The Bertz CT molecular complexity index is 1330. The van der Waals surface area contributed by atoms with Gasteiger partial charge in [-0.3, -0.25) is 24.2 Å². The molecule has 2 aliphatic heterocycles. The molecular formula is C26H28N4O6S. The van der Waals surface area contributed by atoms with Crippen LogP contribution in [0.3, 0.4) is 0 Å². The zero-order chi connectivity index (χ0) is 26.7. The summed E-state index contributed by atoms with van der Waals surface area (Å²) in [5.41, 5.74) is 1.13. The van der Waals surface area contributed by atoms with Gasteiger partial charge in [0.2, 0.25) is 5.91 Å². The summed E-state index contributed by atoms with van der Waals surface area (Å²) in [6.07, 6.45) is 5.38. The second-order valence-corrected chi connectivity index (χ2v) is 10.8. The van der Waals surface area contributed by atoms with Gasteiger partial charge in [0.1, 0.15) is 12.1 Å². The summed E-state index contributed by atoms with van der Waals surface area (Å²) >= 11 is 0. The number of nitrogens with zero attached hydrogens (tertiary/aromatic N) is 3. The van der Waals surface area contributed by atoms with Crippen LogP contribution in [-0.4, -0.2) is 76.5 Å². The summed E-state index contributed by atoms with van der Waals surface area (Å²) in [6, 6.07) is 6.81. The van der Waals surface area contributed by atoms with E-state index in [1.807, 2.05) is 6.92 Å². The summed E-state index contributed by atoms with van der Waals surface area (Å²) in [7, 11) is -4.50. The van der Waals surface area contributed by atoms with Crippen molar-refractivity contribution in [2.45, 2.75) is 44.3 Å². The molecule has 3 unspecified atom stereocenters. The number of carbonyl (C=O) groups is 4. The summed E-state index contributed by atoms with van der Waals surface area (Å²) in [6.45, 7) is 5.20. The largest absolute Gasteiger partial charge is 0.340 e. The molecule has 0 aliphatic carbocycles. The number of aromatic nitrogens is 1. The molecule has 4 rings (SSSR count). The summed E-state index contributed by atoms with van der Waals surface area (Å²) in [4.78, 5) is 57.2. The predicted octanol–water partition coefficient (Wildman–Crippen LogP) is 1.65. The van der Waals surface area contributed by atoms with E-state index in [9.17, 15) is 27.6 Å². The molecule has 0 spiro atoms. The van der Waals surface area contributed by atoms with Crippen molar-refractivity contribution >= 4 is 38.8 Å². The van der Waals surface area contributed by atoms with Crippen molar-refractivity contribution in [2.24, 2.45) is 0 Å². The summed E-state index contributed by atoms with van der Waals surface area (Å²) in [5, 5.41) is 1.62. The number of nitrogens with one attached hydrogen (secondary N) is 1. The third kappa shape index (κ3) is 5.09. The van der Waals surface area contributed by atoms with Crippen LogP contribution < -0.4 is 5.32 Å². The maximum absolute atomic E-state index is 13.5. The SMILES string of the molecule is C=Cc1ccc(C(=O)NC(CCC)C(=O)N2CCC3C2C(=O)CN3S(=O)(=O)C(=O)c2cccnc2)cc1. The topological polar surface area (TPSA) is 134 Å². The highest BCUT2D eigenvalue weighted by molar-refractivity contribution is 8.04. The van der Waals surface area contributed by atoms with Crippen LogP contribution in [0.4, 0.5) is 0 Å². The zero-order valence-electron chi connectivity index (χ0n) is 20.4. The first kappa shape index (κ1) is 26.4. The quantitative estimate of drug-likeness (QED) is 0.555. The number of fused-ring (bicyclic) bond motifs is 1. The number of rotatable bonds is 8. The smallest absolute Gasteiger partial charge is 0.293 e. The van der Waals surface area contributed by atoms with Crippen molar-refractivity contribution in [3.63, 3.8) is 0 Å². The maximum atomic E-state index is 13.5. The number of hydrogen-bond acceptors (Lipinski definition) is 7. The van der Waals surface area contributed by atoms with Crippen molar-refractivity contribution in [1.82, 2.24) is 19.5 Å². The molecule has 1 aromatic carbocycles. The molecule has 0 saturated carbocycles. The minimum Gasteiger partial charge on any atom is -0.340 e. The fourth-order valence-corrected chi connectivity index (χ4v) is 6.34. The average molecular weight is 525 g/mol. The van der Waals surface area contributed by atoms with Crippen molar-refractivity contribution in [3.8, 4) is 0 Å². The van der Waals surface area contributed by atoms with Crippen LogP contribution in [-0.2, 0) is 19.6 Å². The fourth-order valence-electron chi connectivity index (χ4n) is 4.84. The molecule has 2 fully saturated rings. The lowest BCUT2D eigenvalue weighted by Crippen LogP contribution is -2.52. The molecule has 0 bridgehead atoms. The van der Waals surface area contributed by atoms with E-state index in [1.165, 1.54) is 23.2 Å². The Morgan fingerprint density at radius 3 is 2.54 bits per heavy atom. The molecule has 1 N–H and O–H groups in total. The minimum absolute atomic E-state index is 0.101. The predicted molar refractivity (Wildman–Crippen MR) is 136 cm³/mol. The first-order valence-electron chi connectivity index (χ1n) is 12.0. The van der Waals surface area contributed by atoms with Gasteiger partial charge in [0.25, 0.3) is 21.0 Å². The maximum Gasteiger partial charge on any atom is 0.293 e. The van der Waals surface area contributed by atoms with E-state index in [-0.39, 0.29) is 18.5 Å². The van der Waals surface area contributed by atoms with Crippen LogP contribution in [0.5, 0.6) is 0 Å². The molecule has 37 heavy (non-hydrogen) atoms. The Hall–Kier alpha value is -3.70. The van der Waals surface area contributed by atoms with Crippen molar-refractivity contribution in [1.29, 1.82) is 0 Å². The lowest BCUT2D eigenvalue weighted by Gasteiger charge is -2.28. The van der Waals surface area contributed by atoms with E-state index in [4.69, 9.17) is 0 Å². The Morgan fingerprint density at radius 2 is 1.92 bits per heavy atom. The molecule has 11 heteroatoms. The highest BCUT2D eigenvalue weighted by Crippen LogP contribution is 2.33. The normalized spacial score (nSPS) is 20.4. The van der Waals surface area contributed by atoms with Gasteiger partial charge in [0.15, 0.2) is 5.78 Å². The van der Waals surface area contributed by atoms with Gasteiger partial charge in [-0.1, -0.05) is 38.1 Å². The molecule has 194 valence electrons. The molecule has 2 aromatic rings. The lowest BCUT2D eigenvalue weighted by molar-refractivity contribution is -0.138. The Kier molecular flexibility index (Phi) is 7.65. The highest BCUT2D eigenvalue weighted by atomic mass is 32.2. The lowest BCUT2D eigenvalue weighted by atomic mass is 10.1. The van der Waals surface area contributed by atoms with E-state index in [2.05, 4.69) is 16.9 Å². The van der Waals surface area contributed by atoms with Gasteiger partial charge in [-0.2, -0.15) is 4.31 Å². The highest BCUT2D eigenvalue weighted by Gasteiger charge is 2.55.